The molecule has 2 N–H and O–H groups in total. The van der Waals surface area contributed by atoms with Crippen LogP contribution in [0.5, 0.6) is 0 Å². The Labute approximate surface area is 249 Å². The summed E-state index contributed by atoms with van der Waals surface area (Å²) in [6, 6.07) is 13.9. The zero-order chi connectivity index (χ0) is 28.0. The van der Waals surface area contributed by atoms with E-state index >= 15 is 0 Å². The molecule has 41 heavy (non-hydrogen) atoms. The molecule has 6 nitrogen and oxygen atoms in total. The molecule has 2 aliphatic heterocycles. The molecule has 0 unspecified atom stereocenters. The van der Waals surface area contributed by atoms with E-state index < -0.39 is 0 Å². The van der Waals surface area contributed by atoms with E-state index in [-0.39, 0.29) is 11.7 Å². The molecule has 1 fully saturated rings. The maximum atomic E-state index is 13.0. The summed E-state index contributed by atoms with van der Waals surface area (Å²) in [5.74, 6) is 6.61. The lowest BCUT2D eigenvalue weighted by Crippen LogP contribution is -2.30. The van der Waals surface area contributed by atoms with Gasteiger partial charge in [-0.05, 0) is 56.3 Å². The Morgan fingerprint density at radius 2 is 1.95 bits per heavy atom. The summed E-state index contributed by atoms with van der Waals surface area (Å²) in [6.07, 6.45) is 11.1. The average molecular weight is 581 g/mol. The maximum absolute atomic E-state index is 13.0. The number of nitrogens with zero attached hydrogens (tertiary/aromatic N) is 2. The first-order valence-electron chi connectivity index (χ1n) is 14.2. The second kappa shape index (κ2) is 12.9. The number of thioether (sulfide) groups is 1. The molecule has 2 aromatic carbocycles. The van der Waals surface area contributed by atoms with Crippen molar-refractivity contribution in [2.75, 3.05) is 31.5 Å². The van der Waals surface area contributed by atoms with Crippen molar-refractivity contribution in [3.63, 3.8) is 0 Å². The SMILES string of the molecule is O=C1CC=CC2=C1CNc1cc(C(=O)NCc3cnc(-c4ccc(C#CCCN5CCCCC5)cc4)s3)ccc1S2. The molecule has 1 aliphatic carbocycles. The number of fused-ring (bicyclic) bond motifs is 1. The molecular weight excluding hydrogens is 549 g/mol. The summed E-state index contributed by atoms with van der Waals surface area (Å²) in [4.78, 5) is 35.3. The van der Waals surface area contributed by atoms with Gasteiger partial charge in [0.25, 0.3) is 5.91 Å². The number of nitrogens with one attached hydrogen (secondary N) is 2. The lowest BCUT2D eigenvalue weighted by Gasteiger charge is -2.25. The summed E-state index contributed by atoms with van der Waals surface area (Å²) in [6.45, 7) is 4.36. The monoisotopic (exact) mass is 580 g/mol. The van der Waals surface area contributed by atoms with E-state index in [1.165, 1.54) is 32.4 Å². The quantitative estimate of drug-likeness (QED) is 0.335. The van der Waals surface area contributed by atoms with Crippen molar-refractivity contribution in [3.05, 3.63) is 87.3 Å². The highest BCUT2D eigenvalue weighted by Crippen LogP contribution is 2.40. The molecule has 1 saturated heterocycles. The van der Waals surface area contributed by atoms with Crippen LogP contribution >= 0.6 is 23.1 Å². The Morgan fingerprint density at radius 1 is 1.10 bits per heavy atom. The summed E-state index contributed by atoms with van der Waals surface area (Å²) in [7, 11) is 0. The number of piperidine rings is 1. The third kappa shape index (κ3) is 6.82. The van der Waals surface area contributed by atoms with Gasteiger partial charge in [0, 0.05) is 74.8 Å². The van der Waals surface area contributed by atoms with Crippen LogP contribution in [0.1, 0.15) is 52.9 Å². The van der Waals surface area contributed by atoms with Gasteiger partial charge < -0.3 is 15.5 Å². The van der Waals surface area contributed by atoms with Crippen molar-refractivity contribution in [3.8, 4) is 22.4 Å². The highest BCUT2D eigenvalue weighted by atomic mass is 32.2. The van der Waals surface area contributed by atoms with Crippen LogP contribution in [-0.2, 0) is 11.3 Å². The van der Waals surface area contributed by atoms with Crippen LogP contribution in [-0.4, -0.2) is 47.8 Å². The van der Waals surface area contributed by atoms with E-state index in [4.69, 9.17) is 0 Å². The summed E-state index contributed by atoms with van der Waals surface area (Å²) in [5, 5.41) is 7.29. The number of benzene rings is 2. The maximum Gasteiger partial charge on any atom is 0.251 e. The third-order valence-corrected chi connectivity index (χ3v) is 9.69. The van der Waals surface area contributed by atoms with Gasteiger partial charge in [-0.1, -0.05) is 54.3 Å². The van der Waals surface area contributed by atoms with E-state index in [0.717, 1.165) is 55.0 Å². The lowest BCUT2D eigenvalue weighted by molar-refractivity contribution is -0.114. The number of rotatable bonds is 6. The van der Waals surface area contributed by atoms with Crippen molar-refractivity contribution in [2.24, 2.45) is 0 Å². The Hall–Kier alpha value is -3.64. The van der Waals surface area contributed by atoms with Gasteiger partial charge in [0.2, 0.25) is 0 Å². The number of ketones is 1. The molecule has 3 aliphatic rings. The smallest absolute Gasteiger partial charge is 0.251 e. The number of anilines is 1. The topological polar surface area (TPSA) is 74.3 Å². The first-order valence-corrected chi connectivity index (χ1v) is 15.8. The van der Waals surface area contributed by atoms with Crippen molar-refractivity contribution < 1.29 is 9.59 Å². The molecule has 0 bridgehead atoms. The zero-order valence-electron chi connectivity index (χ0n) is 22.9. The average Bonchev–Trinajstić information content (AvgIpc) is 3.40. The van der Waals surface area contributed by atoms with Crippen LogP contribution < -0.4 is 10.6 Å². The Balaban J connectivity index is 1.02. The molecule has 6 rings (SSSR count). The Morgan fingerprint density at radius 3 is 2.80 bits per heavy atom. The van der Waals surface area contributed by atoms with E-state index in [2.05, 4.69) is 56.6 Å². The minimum absolute atomic E-state index is 0.143. The molecule has 0 atom stereocenters. The molecule has 208 valence electrons. The fourth-order valence-electron chi connectivity index (χ4n) is 5.17. The second-order valence-electron chi connectivity index (χ2n) is 10.4. The predicted molar refractivity (Wildman–Crippen MR) is 167 cm³/mol. The Bertz CT molecular complexity index is 1570. The van der Waals surface area contributed by atoms with Crippen LogP contribution in [0.3, 0.4) is 0 Å². The van der Waals surface area contributed by atoms with Gasteiger partial charge in [-0.2, -0.15) is 0 Å². The molecular formula is C33H32N4O2S2. The van der Waals surface area contributed by atoms with Gasteiger partial charge in [-0.15, -0.1) is 11.3 Å². The van der Waals surface area contributed by atoms with E-state index in [1.807, 2.05) is 36.5 Å². The van der Waals surface area contributed by atoms with E-state index in [0.29, 0.717) is 25.1 Å². The van der Waals surface area contributed by atoms with Crippen molar-refractivity contribution in [1.82, 2.24) is 15.2 Å². The molecule has 0 spiro atoms. The lowest BCUT2D eigenvalue weighted by atomic mass is 10.0. The number of thiazole rings is 1. The standard InChI is InChI=1S/C33H32N4O2S2/c38-29-8-6-9-30-27(29)22-34-28-19-25(14-15-31(28)41-30)32(39)35-20-26-21-36-33(40-26)24-12-10-23(11-13-24)7-2-5-18-37-16-3-1-4-17-37/h6,9-15,19,21,34H,1,3-5,8,16-18,20,22H2,(H,35,39). The number of hydrogen-bond donors (Lipinski definition) is 2. The minimum Gasteiger partial charge on any atom is -0.380 e. The number of carbonyl (C=O) groups excluding carboxylic acids is 2. The van der Waals surface area contributed by atoms with Crippen LogP contribution in [0.25, 0.3) is 10.6 Å². The van der Waals surface area contributed by atoms with Crippen LogP contribution in [0.2, 0.25) is 0 Å². The highest BCUT2D eigenvalue weighted by molar-refractivity contribution is 8.03. The number of amides is 1. The third-order valence-electron chi connectivity index (χ3n) is 7.47. The molecule has 0 radical (unpaired) electrons. The van der Waals surface area contributed by atoms with Crippen LogP contribution in [0.4, 0.5) is 5.69 Å². The number of aromatic nitrogens is 1. The summed E-state index contributed by atoms with van der Waals surface area (Å²) >= 11 is 3.15. The first kappa shape index (κ1) is 27.5. The molecule has 1 amide bonds. The number of carbonyl (C=O) groups is 2. The second-order valence-corrected chi connectivity index (χ2v) is 12.6. The van der Waals surface area contributed by atoms with Gasteiger partial charge in [0.05, 0.1) is 6.54 Å². The van der Waals surface area contributed by atoms with E-state index in [1.54, 1.807) is 23.1 Å². The van der Waals surface area contributed by atoms with E-state index in [9.17, 15) is 9.59 Å². The number of allylic oxidation sites excluding steroid dienone is 2. The van der Waals surface area contributed by atoms with Gasteiger partial charge in [-0.3, -0.25) is 9.59 Å². The molecule has 1 aromatic heterocycles. The highest BCUT2D eigenvalue weighted by Gasteiger charge is 2.22. The van der Waals surface area contributed by atoms with Crippen LogP contribution in [0, 0.1) is 11.8 Å². The molecule has 8 heteroatoms. The fraction of sp³-hybridized carbons (Fsp3) is 0.303. The Kier molecular flexibility index (Phi) is 8.66. The molecule has 3 heterocycles. The van der Waals surface area contributed by atoms with Crippen LogP contribution in [0.15, 0.2) is 76.2 Å². The van der Waals surface area contributed by atoms with Gasteiger partial charge in [0.15, 0.2) is 5.78 Å². The normalized spacial score (nSPS) is 16.6. The molecule has 0 saturated carbocycles. The van der Waals surface area contributed by atoms with Gasteiger partial charge >= 0.3 is 0 Å². The number of likely N-dealkylation sites (tertiary alicyclic amines) is 1. The molecule has 3 aromatic rings. The minimum atomic E-state index is -0.143. The van der Waals surface area contributed by atoms with Gasteiger partial charge in [0.1, 0.15) is 5.01 Å². The first-order chi connectivity index (χ1) is 20.1. The summed E-state index contributed by atoms with van der Waals surface area (Å²) in [5.41, 5.74) is 4.32. The predicted octanol–water partition coefficient (Wildman–Crippen LogP) is 6.27. The van der Waals surface area contributed by atoms with Crippen molar-refractivity contribution in [2.45, 2.75) is 43.5 Å². The fourth-order valence-corrected chi connectivity index (χ4v) is 7.11. The van der Waals surface area contributed by atoms with Gasteiger partial charge in [-0.25, -0.2) is 4.98 Å². The van der Waals surface area contributed by atoms with Crippen molar-refractivity contribution >= 4 is 40.5 Å². The number of hydrogen-bond acceptors (Lipinski definition) is 7. The zero-order valence-corrected chi connectivity index (χ0v) is 24.5. The summed E-state index contributed by atoms with van der Waals surface area (Å²) < 4.78 is 0. The largest absolute Gasteiger partial charge is 0.380 e. The van der Waals surface area contributed by atoms with Crippen molar-refractivity contribution in [1.29, 1.82) is 0 Å². The number of Topliss-reactive ketones (excluding diaryl/α,β-unsaturated/α-hetero) is 1.